The fourth-order valence-electron chi connectivity index (χ4n) is 2.51. The van der Waals surface area contributed by atoms with Gasteiger partial charge in [0.25, 0.3) is 0 Å². The Balaban J connectivity index is 1.80. The second-order valence-corrected chi connectivity index (χ2v) is 5.66. The number of hydrazone groups is 1. The molecule has 3 nitrogen and oxygen atoms in total. The van der Waals surface area contributed by atoms with Gasteiger partial charge in [0.1, 0.15) is 6.04 Å². The minimum absolute atomic E-state index is 0.0974. The van der Waals surface area contributed by atoms with Crippen LogP contribution in [0.2, 0.25) is 0 Å². The molecule has 0 fully saturated rings. The van der Waals surface area contributed by atoms with Crippen molar-refractivity contribution in [3.63, 3.8) is 0 Å². The van der Waals surface area contributed by atoms with E-state index in [1.165, 1.54) is 5.56 Å². The van der Waals surface area contributed by atoms with Crippen molar-refractivity contribution >= 4 is 28.2 Å². The van der Waals surface area contributed by atoms with Crippen LogP contribution in [0.1, 0.15) is 17.2 Å². The van der Waals surface area contributed by atoms with E-state index in [4.69, 9.17) is 4.99 Å². The molecule has 2 heterocycles. The van der Waals surface area contributed by atoms with Crippen LogP contribution in [0.15, 0.2) is 76.8 Å². The Morgan fingerprint density at radius 3 is 2.38 bits per heavy atom. The maximum atomic E-state index is 4.73. The third-order valence-electron chi connectivity index (χ3n) is 3.53. The molecule has 2 aromatic rings. The Labute approximate surface area is 127 Å². The molecular weight excluding hydrogens is 278 g/mol. The van der Waals surface area contributed by atoms with Gasteiger partial charge in [-0.15, -0.1) is 0 Å². The molecule has 0 saturated carbocycles. The van der Waals surface area contributed by atoms with Gasteiger partial charge in [-0.3, -0.25) is 0 Å². The van der Waals surface area contributed by atoms with Crippen LogP contribution in [-0.4, -0.2) is 15.7 Å². The summed E-state index contributed by atoms with van der Waals surface area (Å²) in [7, 11) is 0. The number of nitrogens with zero attached hydrogens (tertiary/aromatic N) is 3. The van der Waals surface area contributed by atoms with Crippen molar-refractivity contribution < 1.29 is 0 Å². The number of hydrogen-bond acceptors (Lipinski definition) is 4. The van der Waals surface area contributed by atoms with Crippen molar-refractivity contribution in [1.82, 2.24) is 5.01 Å². The topological polar surface area (TPSA) is 28.0 Å². The summed E-state index contributed by atoms with van der Waals surface area (Å²) in [6, 6.07) is 20.8. The molecule has 0 aromatic heterocycles. The summed E-state index contributed by atoms with van der Waals surface area (Å²) >= 11 is 1.57. The van der Waals surface area contributed by atoms with Crippen LogP contribution in [0.5, 0.6) is 0 Å². The van der Waals surface area contributed by atoms with E-state index in [0.717, 1.165) is 16.4 Å². The van der Waals surface area contributed by atoms with Crippen molar-refractivity contribution in [3.05, 3.63) is 77.9 Å². The number of amidine groups is 1. The molecule has 0 N–H and O–H groups in total. The summed E-state index contributed by atoms with van der Waals surface area (Å²) in [5, 5.41) is 7.35. The fraction of sp³-hybridized carbons (Fsp3) is 0.0588. The highest BCUT2D eigenvalue weighted by atomic mass is 32.2. The van der Waals surface area contributed by atoms with E-state index in [9.17, 15) is 0 Å². The van der Waals surface area contributed by atoms with Crippen LogP contribution < -0.4 is 0 Å². The zero-order chi connectivity index (χ0) is 14.1. The third-order valence-corrected chi connectivity index (χ3v) is 4.22. The molecular formula is C17H13N3S. The molecule has 1 atom stereocenters. The number of hydrogen-bond donors (Lipinski definition) is 0. The highest BCUT2D eigenvalue weighted by Crippen LogP contribution is 2.36. The quantitative estimate of drug-likeness (QED) is 0.832. The third kappa shape index (κ3) is 2.28. The lowest BCUT2D eigenvalue weighted by molar-refractivity contribution is 0.395. The van der Waals surface area contributed by atoms with E-state index in [0.29, 0.717) is 0 Å². The van der Waals surface area contributed by atoms with E-state index in [1.54, 1.807) is 11.8 Å². The lowest BCUT2D eigenvalue weighted by Gasteiger charge is -2.28. The van der Waals surface area contributed by atoms with Gasteiger partial charge in [-0.1, -0.05) is 60.7 Å². The highest BCUT2D eigenvalue weighted by molar-refractivity contribution is 8.25. The van der Waals surface area contributed by atoms with Crippen molar-refractivity contribution in [2.45, 2.75) is 6.04 Å². The summed E-state index contributed by atoms with van der Waals surface area (Å²) in [6.45, 7) is 0. The summed E-state index contributed by atoms with van der Waals surface area (Å²) in [5.41, 5.74) is 5.21. The minimum Gasteiger partial charge on any atom is -0.230 e. The number of aliphatic imine (C=N–C) groups is 1. The number of rotatable bonds is 2. The first-order valence-electron chi connectivity index (χ1n) is 6.81. The van der Waals surface area contributed by atoms with Crippen LogP contribution in [0.3, 0.4) is 0 Å². The first-order valence-corrected chi connectivity index (χ1v) is 7.69. The van der Waals surface area contributed by atoms with Gasteiger partial charge in [-0.05, 0) is 29.0 Å². The van der Waals surface area contributed by atoms with Gasteiger partial charge in [0.15, 0.2) is 5.17 Å². The predicted molar refractivity (Wildman–Crippen MR) is 89.0 cm³/mol. The summed E-state index contributed by atoms with van der Waals surface area (Å²) in [5.74, 6) is 0. The minimum atomic E-state index is 0.0974. The highest BCUT2D eigenvalue weighted by Gasteiger charge is 2.29. The zero-order valence-corrected chi connectivity index (χ0v) is 12.1. The molecule has 2 aliphatic rings. The Morgan fingerprint density at radius 2 is 1.62 bits per heavy atom. The SMILES string of the molecule is C1=NN2C(=NC(c3ccccc3)=CC2c2ccccc2)S1. The van der Waals surface area contributed by atoms with Crippen LogP contribution >= 0.6 is 11.8 Å². The van der Waals surface area contributed by atoms with Crippen LogP contribution in [-0.2, 0) is 0 Å². The van der Waals surface area contributed by atoms with E-state index in [2.05, 4.69) is 47.6 Å². The van der Waals surface area contributed by atoms with Gasteiger partial charge < -0.3 is 0 Å². The van der Waals surface area contributed by atoms with Gasteiger partial charge >= 0.3 is 0 Å². The predicted octanol–water partition coefficient (Wildman–Crippen LogP) is 4.13. The number of thioether (sulfide) groups is 1. The molecule has 4 rings (SSSR count). The molecule has 0 saturated heterocycles. The molecule has 102 valence electrons. The maximum Gasteiger partial charge on any atom is 0.191 e. The molecule has 21 heavy (non-hydrogen) atoms. The van der Waals surface area contributed by atoms with Gasteiger partial charge in [0.2, 0.25) is 0 Å². The first-order chi connectivity index (χ1) is 10.4. The molecule has 0 spiro atoms. The largest absolute Gasteiger partial charge is 0.230 e. The molecule has 0 radical (unpaired) electrons. The Kier molecular flexibility index (Phi) is 3.09. The van der Waals surface area contributed by atoms with E-state index in [1.807, 2.05) is 34.8 Å². The number of fused-ring (bicyclic) bond motifs is 1. The first kappa shape index (κ1) is 12.4. The van der Waals surface area contributed by atoms with Gasteiger partial charge in [-0.2, -0.15) is 5.10 Å². The number of benzene rings is 2. The Bertz CT molecular complexity index is 735. The van der Waals surface area contributed by atoms with Crippen molar-refractivity contribution in [2.24, 2.45) is 10.1 Å². The molecule has 4 heteroatoms. The zero-order valence-electron chi connectivity index (χ0n) is 11.3. The van der Waals surface area contributed by atoms with Crippen molar-refractivity contribution in [1.29, 1.82) is 0 Å². The van der Waals surface area contributed by atoms with E-state index < -0.39 is 0 Å². The van der Waals surface area contributed by atoms with Crippen molar-refractivity contribution in [2.75, 3.05) is 0 Å². The second-order valence-electron chi connectivity index (χ2n) is 4.85. The van der Waals surface area contributed by atoms with Gasteiger partial charge in [0, 0.05) is 0 Å². The maximum absolute atomic E-state index is 4.73. The lowest BCUT2D eigenvalue weighted by atomic mass is 10.0. The standard InChI is InChI=1S/C17H13N3S/c1-3-7-13(8-4-1)15-11-16(14-9-5-2-6-10-14)20-17(19-15)21-12-18-20/h1-12,16H. The molecule has 2 aromatic carbocycles. The average molecular weight is 291 g/mol. The van der Waals surface area contributed by atoms with E-state index >= 15 is 0 Å². The molecule has 0 bridgehead atoms. The fourth-order valence-corrected chi connectivity index (χ4v) is 3.17. The lowest BCUT2D eigenvalue weighted by Crippen LogP contribution is -2.27. The molecule has 2 aliphatic heterocycles. The monoisotopic (exact) mass is 291 g/mol. The van der Waals surface area contributed by atoms with Crippen LogP contribution in [0.25, 0.3) is 5.70 Å². The Morgan fingerprint density at radius 1 is 0.905 bits per heavy atom. The molecule has 0 amide bonds. The summed E-state index contributed by atoms with van der Waals surface area (Å²) in [6.07, 6.45) is 2.18. The smallest absolute Gasteiger partial charge is 0.191 e. The van der Waals surface area contributed by atoms with Gasteiger partial charge in [0.05, 0.1) is 11.2 Å². The average Bonchev–Trinajstić information content (AvgIpc) is 3.04. The van der Waals surface area contributed by atoms with Gasteiger partial charge in [-0.25, -0.2) is 10.0 Å². The Hall–Kier alpha value is -2.33. The second kappa shape index (κ2) is 5.22. The molecule has 0 aliphatic carbocycles. The van der Waals surface area contributed by atoms with Crippen LogP contribution in [0, 0.1) is 0 Å². The normalized spacial score (nSPS) is 20.0. The van der Waals surface area contributed by atoms with Crippen LogP contribution in [0.4, 0.5) is 0 Å². The summed E-state index contributed by atoms with van der Waals surface area (Å²) < 4.78 is 0. The van der Waals surface area contributed by atoms with Crippen molar-refractivity contribution in [3.8, 4) is 0 Å². The molecule has 1 unspecified atom stereocenters. The summed E-state index contributed by atoms with van der Waals surface area (Å²) in [4.78, 5) is 4.73. The van der Waals surface area contributed by atoms with E-state index in [-0.39, 0.29) is 6.04 Å².